The van der Waals surface area contributed by atoms with Crippen LogP contribution >= 0.6 is 23.2 Å². The number of amides is 1. The smallest absolute Gasteiger partial charge is 0.412 e. The Morgan fingerprint density at radius 1 is 1.29 bits per heavy atom. The minimum Gasteiger partial charge on any atom is -0.463 e. The fourth-order valence-electron chi connectivity index (χ4n) is 1.85. The number of nitrogens with one attached hydrogen (secondary N) is 1. The van der Waals surface area contributed by atoms with E-state index in [4.69, 9.17) is 32.7 Å². The summed E-state index contributed by atoms with van der Waals surface area (Å²) in [4.78, 5) is 24.0. The number of anilines is 1. The van der Waals surface area contributed by atoms with E-state index in [-0.39, 0.29) is 28.9 Å². The van der Waals surface area contributed by atoms with E-state index in [2.05, 4.69) is 10.4 Å². The number of esters is 1. The van der Waals surface area contributed by atoms with E-state index < -0.39 is 18.2 Å². The maximum atomic E-state index is 12.1. The summed E-state index contributed by atoms with van der Waals surface area (Å²) in [6, 6.07) is 6.46. The number of ether oxygens (including phenoxy) is 2. The quantitative estimate of drug-likeness (QED) is 0.787. The minimum absolute atomic E-state index is 0.0233. The van der Waals surface area contributed by atoms with Crippen molar-refractivity contribution in [2.75, 3.05) is 11.9 Å². The Labute approximate surface area is 148 Å². The van der Waals surface area contributed by atoms with Crippen molar-refractivity contribution in [1.29, 1.82) is 0 Å². The second kappa shape index (κ2) is 8.56. The fraction of sp³-hybridized carbons (Fsp3) is 0.267. The van der Waals surface area contributed by atoms with Gasteiger partial charge in [0.1, 0.15) is 0 Å². The van der Waals surface area contributed by atoms with E-state index in [1.54, 1.807) is 43.6 Å². The lowest BCUT2D eigenvalue weighted by molar-refractivity contribution is -0.153. The van der Waals surface area contributed by atoms with Gasteiger partial charge in [0.2, 0.25) is 6.10 Å². The van der Waals surface area contributed by atoms with Crippen molar-refractivity contribution < 1.29 is 19.1 Å². The molecule has 1 amide bonds. The van der Waals surface area contributed by atoms with Gasteiger partial charge in [-0.25, -0.2) is 9.59 Å². The molecule has 0 fully saturated rings. The molecule has 128 valence electrons. The number of halogens is 2. The molecule has 24 heavy (non-hydrogen) atoms. The van der Waals surface area contributed by atoms with Gasteiger partial charge in [0.15, 0.2) is 0 Å². The summed E-state index contributed by atoms with van der Waals surface area (Å²) in [5, 5.41) is 6.89. The number of carbonyl (C=O) groups is 2. The lowest BCUT2D eigenvalue weighted by atomic mass is 10.3. The molecule has 0 aliphatic heterocycles. The largest absolute Gasteiger partial charge is 0.463 e. The van der Waals surface area contributed by atoms with E-state index in [1.807, 2.05) is 0 Å². The molecule has 9 heteroatoms. The van der Waals surface area contributed by atoms with Crippen molar-refractivity contribution in [3.8, 4) is 0 Å². The Morgan fingerprint density at radius 2 is 2.00 bits per heavy atom. The number of carbonyl (C=O) groups excluding carboxylic acids is 2. The first-order valence-electron chi connectivity index (χ1n) is 7.07. The molecule has 2 aromatic rings. The highest BCUT2D eigenvalue weighted by Gasteiger charge is 2.26. The molecule has 1 aromatic carbocycles. The van der Waals surface area contributed by atoms with Crippen LogP contribution in [0.5, 0.6) is 0 Å². The van der Waals surface area contributed by atoms with Crippen LogP contribution < -0.4 is 5.32 Å². The van der Waals surface area contributed by atoms with Gasteiger partial charge in [-0.05, 0) is 25.1 Å². The first-order valence-corrected chi connectivity index (χ1v) is 7.82. The zero-order chi connectivity index (χ0) is 17.5. The lowest BCUT2D eigenvalue weighted by Gasteiger charge is -2.17. The number of para-hydroxylation sites is 1. The molecular weight excluding hydrogens is 357 g/mol. The number of benzene rings is 1. The Kier molecular flexibility index (Phi) is 6.45. The summed E-state index contributed by atoms with van der Waals surface area (Å²) < 4.78 is 11.5. The van der Waals surface area contributed by atoms with Crippen LogP contribution in [-0.2, 0) is 20.8 Å². The van der Waals surface area contributed by atoms with Gasteiger partial charge < -0.3 is 9.47 Å². The normalized spacial score (nSPS) is 11.6. The van der Waals surface area contributed by atoms with Crippen LogP contribution in [0.15, 0.2) is 36.7 Å². The molecule has 0 radical (unpaired) electrons. The molecule has 1 atom stereocenters. The lowest BCUT2D eigenvalue weighted by Crippen LogP contribution is -2.35. The van der Waals surface area contributed by atoms with E-state index >= 15 is 0 Å². The Balaban J connectivity index is 2.07. The molecule has 1 unspecified atom stereocenters. The third kappa shape index (κ3) is 4.87. The number of nitrogens with zero attached hydrogens (tertiary/aromatic N) is 2. The monoisotopic (exact) mass is 371 g/mol. The predicted molar refractivity (Wildman–Crippen MR) is 89.2 cm³/mol. The van der Waals surface area contributed by atoms with Gasteiger partial charge in [-0.3, -0.25) is 10.00 Å². The molecule has 0 saturated carbocycles. The van der Waals surface area contributed by atoms with Crippen molar-refractivity contribution in [2.24, 2.45) is 0 Å². The maximum absolute atomic E-state index is 12.1. The Hall–Kier alpha value is -2.25. The molecule has 1 aromatic heterocycles. The van der Waals surface area contributed by atoms with Gasteiger partial charge in [0, 0.05) is 12.4 Å². The number of aromatic nitrogens is 2. The van der Waals surface area contributed by atoms with Crippen LogP contribution in [-0.4, -0.2) is 34.6 Å². The minimum atomic E-state index is -1.16. The predicted octanol–water partition coefficient (Wildman–Crippen LogP) is 3.37. The number of hydrogen-bond acceptors (Lipinski definition) is 5. The molecule has 0 aliphatic rings. The summed E-state index contributed by atoms with van der Waals surface area (Å²) in [6.45, 7) is 1.84. The number of rotatable bonds is 6. The molecular formula is C15H15Cl2N3O4. The first kappa shape index (κ1) is 18.1. The zero-order valence-corrected chi connectivity index (χ0v) is 14.3. The molecule has 0 saturated heterocycles. The Morgan fingerprint density at radius 3 is 2.58 bits per heavy atom. The SMILES string of the molecule is CCOC(=O)C(Cn1cccn1)OC(=O)Nc1c(Cl)cccc1Cl. The van der Waals surface area contributed by atoms with Crippen molar-refractivity contribution in [1.82, 2.24) is 9.78 Å². The van der Waals surface area contributed by atoms with Crippen LogP contribution in [0.25, 0.3) is 0 Å². The third-order valence-electron chi connectivity index (χ3n) is 2.90. The highest BCUT2D eigenvalue weighted by Crippen LogP contribution is 2.29. The van der Waals surface area contributed by atoms with Gasteiger partial charge in [0.05, 0.1) is 28.9 Å². The Bertz CT molecular complexity index is 686. The molecule has 1 heterocycles. The second-order valence-electron chi connectivity index (χ2n) is 4.60. The first-order chi connectivity index (χ1) is 11.5. The summed E-state index contributed by atoms with van der Waals surface area (Å²) in [5.74, 6) is -0.673. The van der Waals surface area contributed by atoms with Crippen LogP contribution in [0.4, 0.5) is 10.5 Å². The van der Waals surface area contributed by atoms with Crippen LogP contribution in [0.2, 0.25) is 10.0 Å². The number of hydrogen-bond donors (Lipinski definition) is 1. The van der Waals surface area contributed by atoms with Crippen molar-refractivity contribution in [3.63, 3.8) is 0 Å². The van der Waals surface area contributed by atoms with Crippen molar-refractivity contribution >= 4 is 41.0 Å². The van der Waals surface area contributed by atoms with Crippen LogP contribution in [0.1, 0.15) is 6.92 Å². The van der Waals surface area contributed by atoms with Crippen molar-refractivity contribution in [3.05, 3.63) is 46.7 Å². The molecule has 1 N–H and O–H groups in total. The topological polar surface area (TPSA) is 82.5 Å². The van der Waals surface area contributed by atoms with Crippen molar-refractivity contribution in [2.45, 2.75) is 19.6 Å². The summed E-state index contributed by atoms with van der Waals surface area (Å²) >= 11 is 12.0. The molecule has 7 nitrogen and oxygen atoms in total. The van der Waals surface area contributed by atoms with Crippen LogP contribution in [0.3, 0.4) is 0 Å². The van der Waals surface area contributed by atoms with Gasteiger partial charge in [-0.1, -0.05) is 29.3 Å². The third-order valence-corrected chi connectivity index (χ3v) is 3.53. The highest BCUT2D eigenvalue weighted by molar-refractivity contribution is 6.39. The molecule has 0 aliphatic carbocycles. The summed E-state index contributed by atoms with van der Waals surface area (Å²) in [7, 11) is 0. The average Bonchev–Trinajstić information content (AvgIpc) is 3.04. The molecule has 0 spiro atoms. The summed E-state index contributed by atoms with van der Waals surface area (Å²) in [6.07, 6.45) is 1.14. The molecule has 2 rings (SSSR count). The standard InChI is InChI=1S/C15H15Cl2N3O4/c1-2-23-14(21)12(9-20-8-4-7-18-20)24-15(22)19-13-10(16)5-3-6-11(13)17/h3-8,12H,2,9H2,1H3,(H,19,22). The average molecular weight is 372 g/mol. The second-order valence-corrected chi connectivity index (χ2v) is 5.41. The van der Waals surface area contributed by atoms with E-state index in [9.17, 15) is 9.59 Å². The van der Waals surface area contributed by atoms with E-state index in [1.165, 1.54) is 4.68 Å². The highest BCUT2D eigenvalue weighted by atomic mass is 35.5. The maximum Gasteiger partial charge on any atom is 0.412 e. The summed E-state index contributed by atoms with van der Waals surface area (Å²) in [5.41, 5.74) is 0.201. The zero-order valence-electron chi connectivity index (χ0n) is 12.7. The van der Waals surface area contributed by atoms with E-state index in [0.717, 1.165) is 0 Å². The van der Waals surface area contributed by atoms with Gasteiger partial charge in [-0.2, -0.15) is 5.10 Å². The van der Waals surface area contributed by atoms with Gasteiger partial charge in [0.25, 0.3) is 0 Å². The van der Waals surface area contributed by atoms with Gasteiger partial charge >= 0.3 is 12.1 Å². The van der Waals surface area contributed by atoms with Gasteiger partial charge in [-0.15, -0.1) is 0 Å². The van der Waals surface area contributed by atoms with E-state index in [0.29, 0.717) is 0 Å². The van der Waals surface area contributed by atoms with Crippen LogP contribution in [0, 0.1) is 0 Å². The molecule has 0 bridgehead atoms. The fourth-order valence-corrected chi connectivity index (χ4v) is 2.34.